The number of carbonyl (C=O) groups is 1. The van der Waals surface area contributed by atoms with E-state index in [0.717, 1.165) is 11.3 Å². The van der Waals surface area contributed by atoms with Crippen LogP contribution in [0.2, 0.25) is 5.02 Å². The molecule has 0 saturated carbocycles. The lowest BCUT2D eigenvalue weighted by atomic mass is 10.1. The van der Waals surface area contributed by atoms with Gasteiger partial charge in [0, 0.05) is 12.7 Å². The van der Waals surface area contributed by atoms with Crippen molar-refractivity contribution in [1.29, 1.82) is 0 Å². The number of rotatable bonds is 9. The molecule has 162 valence electrons. The highest BCUT2D eigenvalue weighted by Crippen LogP contribution is 2.27. The van der Waals surface area contributed by atoms with E-state index in [9.17, 15) is 4.79 Å². The number of amides is 1. The monoisotopic (exact) mass is 457 g/mol. The van der Waals surface area contributed by atoms with E-state index < -0.39 is 0 Å². The van der Waals surface area contributed by atoms with Crippen molar-refractivity contribution in [3.8, 4) is 5.75 Å². The second-order valence-corrected chi connectivity index (χ2v) is 8.35. The molecule has 0 fully saturated rings. The maximum atomic E-state index is 12.3. The second kappa shape index (κ2) is 10.5. The number of hydrogen-bond acceptors (Lipinski definition) is 6. The van der Waals surface area contributed by atoms with Crippen LogP contribution in [0, 0.1) is 13.8 Å². The van der Waals surface area contributed by atoms with Gasteiger partial charge in [0.15, 0.2) is 17.1 Å². The fraction of sp³-hybridized carbons (Fsp3) is 0.273. The van der Waals surface area contributed by atoms with Crippen molar-refractivity contribution < 1.29 is 9.53 Å². The van der Waals surface area contributed by atoms with Crippen molar-refractivity contribution in [1.82, 2.24) is 19.7 Å². The molecule has 3 aromatic rings. The van der Waals surface area contributed by atoms with Crippen LogP contribution < -0.4 is 10.1 Å². The number of nitrogens with one attached hydrogen (secondary N) is 1. The molecule has 2 aromatic heterocycles. The van der Waals surface area contributed by atoms with Gasteiger partial charge in [-0.1, -0.05) is 47.1 Å². The minimum absolute atomic E-state index is 0.159. The van der Waals surface area contributed by atoms with Gasteiger partial charge in [-0.05, 0) is 44.5 Å². The van der Waals surface area contributed by atoms with Gasteiger partial charge in [-0.2, -0.15) is 0 Å². The summed E-state index contributed by atoms with van der Waals surface area (Å²) < 4.78 is 8.04. The zero-order chi connectivity index (χ0) is 22.4. The predicted octanol–water partition coefficient (Wildman–Crippen LogP) is 5.00. The first-order valence-electron chi connectivity index (χ1n) is 9.69. The predicted molar refractivity (Wildman–Crippen MR) is 124 cm³/mol. The van der Waals surface area contributed by atoms with Gasteiger partial charge in [-0.3, -0.25) is 9.36 Å². The van der Waals surface area contributed by atoms with Gasteiger partial charge in [0.25, 0.3) is 0 Å². The average Bonchev–Trinajstić information content (AvgIpc) is 3.13. The SMILES string of the molecule is C=CCn1c(SCC(=O)Nc2ccc(Cl)cn2)nnc1C(C)Oc1ccc(C)cc1C. The van der Waals surface area contributed by atoms with Crippen LogP contribution in [0.15, 0.2) is 54.3 Å². The molecule has 3 rings (SSSR count). The summed E-state index contributed by atoms with van der Waals surface area (Å²) in [7, 11) is 0. The number of benzene rings is 1. The molecule has 1 unspecified atom stereocenters. The Morgan fingerprint density at radius 1 is 1.32 bits per heavy atom. The Bertz CT molecular complexity index is 1070. The number of thioether (sulfide) groups is 1. The second-order valence-electron chi connectivity index (χ2n) is 6.97. The Kier molecular flexibility index (Phi) is 7.70. The van der Waals surface area contributed by atoms with Crippen molar-refractivity contribution in [2.45, 2.75) is 38.6 Å². The minimum atomic E-state index is -0.324. The quantitative estimate of drug-likeness (QED) is 0.359. The topological polar surface area (TPSA) is 81.9 Å². The van der Waals surface area contributed by atoms with Crippen LogP contribution in [0.5, 0.6) is 5.75 Å². The number of anilines is 1. The summed E-state index contributed by atoms with van der Waals surface area (Å²) in [4.78, 5) is 16.3. The molecule has 0 saturated heterocycles. The van der Waals surface area contributed by atoms with Crippen LogP contribution in [-0.4, -0.2) is 31.4 Å². The third-order valence-electron chi connectivity index (χ3n) is 4.38. The molecule has 0 aliphatic heterocycles. The van der Waals surface area contributed by atoms with Crippen molar-refractivity contribution in [2.75, 3.05) is 11.1 Å². The third-order valence-corrected chi connectivity index (χ3v) is 5.57. The van der Waals surface area contributed by atoms with Gasteiger partial charge in [0.2, 0.25) is 5.91 Å². The molecule has 9 heteroatoms. The van der Waals surface area contributed by atoms with E-state index in [-0.39, 0.29) is 17.8 Å². The van der Waals surface area contributed by atoms with E-state index in [1.165, 1.54) is 23.5 Å². The normalized spacial score (nSPS) is 11.7. The van der Waals surface area contributed by atoms with Crippen LogP contribution in [0.3, 0.4) is 0 Å². The van der Waals surface area contributed by atoms with Crippen LogP contribution >= 0.6 is 23.4 Å². The molecule has 1 atom stereocenters. The van der Waals surface area contributed by atoms with Gasteiger partial charge in [0.05, 0.1) is 10.8 Å². The smallest absolute Gasteiger partial charge is 0.236 e. The summed E-state index contributed by atoms with van der Waals surface area (Å²) >= 11 is 7.10. The largest absolute Gasteiger partial charge is 0.482 e. The molecule has 0 radical (unpaired) electrons. The maximum Gasteiger partial charge on any atom is 0.236 e. The third kappa shape index (κ3) is 6.08. The van der Waals surface area contributed by atoms with Gasteiger partial charge in [0.1, 0.15) is 11.6 Å². The first-order chi connectivity index (χ1) is 14.9. The molecule has 2 heterocycles. The van der Waals surface area contributed by atoms with Crippen LogP contribution in [0.4, 0.5) is 5.82 Å². The molecule has 0 aliphatic rings. The summed E-state index contributed by atoms with van der Waals surface area (Å²) in [5, 5.41) is 12.4. The number of aromatic nitrogens is 4. The number of halogens is 1. The Morgan fingerprint density at radius 3 is 2.81 bits per heavy atom. The molecular weight excluding hydrogens is 434 g/mol. The van der Waals surface area contributed by atoms with Crippen molar-refractivity contribution >= 4 is 35.1 Å². The highest BCUT2D eigenvalue weighted by atomic mass is 35.5. The lowest BCUT2D eigenvalue weighted by Crippen LogP contribution is -2.16. The first-order valence-corrected chi connectivity index (χ1v) is 11.1. The summed E-state index contributed by atoms with van der Waals surface area (Å²) in [6.45, 7) is 10.3. The number of carbonyl (C=O) groups excluding carboxylic acids is 1. The summed E-state index contributed by atoms with van der Waals surface area (Å²) in [6.07, 6.45) is 2.92. The fourth-order valence-corrected chi connectivity index (χ4v) is 3.81. The molecule has 0 spiro atoms. The lowest BCUT2D eigenvalue weighted by Gasteiger charge is -2.17. The number of allylic oxidation sites excluding steroid dienone is 1. The fourth-order valence-electron chi connectivity index (χ4n) is 2.94. The summed E-state index contributed by atoms with van der Waals surface area (Å²) in [5.41, 5.74) is 2.24. The molecule has 0 aliphatic carbocycles. The van der Waals surface area contributed by atoms with Crippen molar-refractivity contribution in [3.05, 3.63) is 71.2 Å². The average molecular weight is 458 g/mol. The van der Waals surface area contributed by atoms with Gasteiger partial charge >= 0.3 is 0 Å². The Balaban J connectivity index is 1.68. The van der Waals surface area contributed by atoms with E-state index in [2.05, 4.69) is 33.1 Å². The van der Waals surface area contributed by atoms with Crippen molar-refractivity contribution in [2.24, 2.45) is 0 Å². The molecule has 1 aromatic carbocycles. The van der Waals surface area contributed by atoms with Gasteiger partial charge in [-0.25, -0.2) is 4.98 Å². The molecule has 1 amide bonds. The molecule has 1 N–H and O–H groups in total. The Labute approximate surface area is 190 Å². The Hall–Kier alpha value is -2.84. The van der Waals surface area contributed by atoms with Crippen molar-refractivity contribution in [3.63, 3.8) is 0 Å². The minimum Gasteiger partial charge on any atom is -0.482 e. The van der Waals surface area contributed by atoms with E-state index >= 15 is 0 Å². The standard InChI is InChI=1S/C22H24ClN5O2S/c1-5-10-28-21(16(4)30-18-8-6-14(2)11-15(18)3)26-27-22(28)31-13-20(29)25-19-9-7-17(23)12-24-19/h5-9,11-12,16H,1,10,13H2,2-4H3,(H,24,25,29). The highest BCUT2D eigenvalue weighted by molar-refractivity contribution is 7.99. The Morgan fingerprint density at radius 2 is 2.13 bits per heavy atom. The lowest BCUT2D eigenvalue weighted by molar-refractivity contribution is -0.113. The highest BCUT2D eigenvalue weighted by Gasteiger charge is 2.20. The number of hydrogen-bond donors (Lipinski definition) is 1. The van der Waals surface area contributed by atoms with E-state index in [0.29, 0.717) is 28.4 Å². The summed E-state index contributed by atoms with van der Waals surface area (Å²) in [6, 6.07) is 9.36. The molecule has 31 heavy (non-hydrogen) atoms. The van der Waals surface area contributed by atoms with Gasteiger partial charge < -0.3 is 10.1 Å². The van der Waals surface area contributed by atoms with Crippen LogP contribution in [0.25, 0.3) is 0 Å². The number of aryl methyl sites for hydroxylation is 2. The summed E-state index contributed by atoms with van der Waals surface area (Å²) in [5.74, 6) is 1.87. The van der Waals surface area contributed by atoms with E-state index in [4.69, 9.17) is 16.3 Å². The van der Waals surface area contributed by atoms with Crippen LogP contribution in [-0.2, 0) is 11.3 Å². The molecular formula is C22H24ClN5O2S. The zero-order valence-corrected chi connectivity index (χ0v) is 19.2. The van der Waals surface area contributed by atoms with Crippen LogP contribution in [0.1, 0.15) is 30.0 Å². The zero-order valence-electron chi connectivity index (χ0n) is 17.6. The molecule has 0 bridgehead atoms. The first kappa shape index (κ1) is 22.8. The number of ether oxygens (including phenoxy) is 1. The molecule has 7 nitrogen and oxygen atoms in total. The van der Waals surface area contributed by atoms with E-state index in [1.54, 1.807) is 18.2 Å². The number of nitrogens with zero attached hydrogens (tertiary/aromatic N) is 4. The van der Waals surface area contributed by atoms with Gasteiger partial charge in [-0.15, -0.1) is 16.8 Å². The maximum absolute atomic E-state index is 12.3. The number of pyridine rings is 1. The van der Waals surface area contributed by atoms with E-state index in [1.807, 2.05) is 37.5 Å².